The van der Waals surface area contributed by atoms with Gasteiger partial charge in [-0.2, -0.15) is 5.26 Å². The average Bonchev–Trinajstić information content (AvgIpc) is 2.49. The van der Waals surface area contributed by atoms with Crippen LogP contribution >= 0.6 is 22.6 Å². The Balaban J connectivity index is 2.48. The molecule has 2 aromatic rings. The fourth-order valence-electron chi connectivity index (χ4n) is 1.55. The third-order valence-electron chi connectivity index (χ3n) is 2.45. The van der Waals surface area contributed by atoms with E-state index in [0.29, 0.717) is 15.1 Å². The molecule has 0 bridgehead atoms. The minimum Gasteiger partial charge on any atom is -0.449 e. The van der Waals surface area contributed by atoms with Gasteiger partial charge in [0, 0.05) is 18.3 Å². The number of nitriles is 1. The average molecular weight is 397 g/mol. The molecule has 2 rings (SSSR count). The molecule has 0 amide bonds. The van der Waals surface area contributed by atoms with Crippen LogP contribution in [-0.2, 0) is 0 Å². The number of aromatic nitrogens is 1. The summed E-state index contributed by atoms with van der Waals surface area (Å²) < 4.78 is 6.01. The second-order valence-corrected chi connectivity index (χ2v) is 4.96. The molecule has 1 heterocycles. The van der Waals surface area contributed by atoms with E-state index in [2.05, 4.69) is 10.4 Å². The normalized spacial score (nSPS) is 9.76. The highest BCUT2D eigenvalue weighted by Gasteiger charge is 2.21. The second kappa shape index (κ2) is 6.33. The van der Waals surface area contributed by atoms with Crippen molar-refractivity contribution >= 4 is 34.1 Å². The standard InChI is InChI=1S/C12H8IN5O3/c13-9-3-7(6-14)4-10(18(19)20)12(9)21-8-1-2-16-11(5-8)17-15/h1-5H,15H2,(H,16,17). The van der Waals surface area contributed by atoms with Crippen molar-refractivity contribution in [1.82, 2.24) is 4.98 Å². The van der Waals surface area contributed by atoms with E-state index >= 15 is 0 Å². The highest BCUT2D eigenvalue weighted by molar-refractivity contribution is 14.1. The quantitative estimate of drug-likeness (QED) is 0.351. The van der Waals surface area contributed by atoms with Crippen molar-refractivity contribution in [2.24, 2.45) is 5.84 Å². The van der Waals surface area contributed by atoms with Gasteiger partial charge in [-0.25, -0.2) is 10.8 Å². The van der Waals surface area contributed by atoms with Gasteiger partial charge in [-0.3, -0.25) is 10.1 Å². The lowest BCUT2D eigenvalue weighted by molar-refractivity contribution is -0.385. The number of nitrogens with zero attached hydrogens (tertiary/aromatic N) is 3. The van der Waals surface area contributed by atoms with Gasteiger partial charge in [0.25, 0.3) is 0 Å². The summed E-state index contributed by atoms with van der Waals surface area (Å²) in [5.74, 6) is 6.00. The van der Waals surface area contributed by atoms with E-state index in [9.17, 15) is 10.1 Å². The van der Waals surface area contributed by atoms with Crippen molar-refractivity contribution in [2.45, 2.75) is 0 Å². The van der Waals surface area contributed by atoms with E-state index in [0.717, 1.165) is 0 Å². The number of halogens is 1. The SMILES string of the molecule is N#Cc1cc(I)c(Oc2ccnc(NN)c2)c([N+](=O)[O-])c1. The maximum atomic E-state index is 11.1. The number of nitrogens with one attached hydrogen (secondary N) is 1. The Kier molecular flexibility index (Phi) is 4.51. The fourth-order valence-corrected chi connectivity index (χ4v) is 2.27. The van der Waals surface area contributed by atoms with Crippen LogP contribution in [0.5, 0.6) is 11.5 Å². The molecule has 0 radical (unpaired) electrons. The number of hydrogen-bond donors (Lipinski definition) is 2. The van der Waals surface area contributed by atoms with Crippen molar-refractivity contribution in [3.05, 3.63) is 49.7 Å². The summed E-state index contributed by atoms with van der Waals surface area (Å²) in [4.78, 5) is 14.4. The lowest BCUT2D eigenvalue weighted by Gasteiger charge is -2.09. The number of nitrogens with two attached hydrogens (primary N) is 1. The smallest absolute Gasteiger partial charge is 0.314 e. The number of ether oxygens (including phenoxy) is 1. The van der Waals surface area contributed by atoms with Crippen molar-refractivity contribution in [3.63, 3.8) is 0 Å². The summed E-state index contributed by atoms with van der Waals surface area (Å²) in [7, 11) is 0. The van der Waals surface area contributed by atoms with E-state index in [4.69, 9.17) is 15.8 Å². The third-order valence-corrected chi connectivity index (χ3v) is 3.25. The predicted molar refractivity (Wildman–Crippen MR) is 82.6 cm³/mol. The van der Waals surface area contributed by atoms with Crippen LogP contribution in [0.3, 0.4) is 0 Å². The molecule has 3 N–H and O–H groups in total. The molecule has 106 valence electrons. The first-order chi connectivity index (χ1) is 10.0. The molecule has 0 fully saturated rings. The number of pyridine rings is 1. The second-order valence-electron chi connectivity index (χ2n) is 3.80. The Labute approximate surface area is 132 Å². The summed E-state index contributed by atoms with van der Waals surface area (Å²) in [5.41, 5.74) is 2.27. The van der Waals surface area contributed by atoms with Gasteiger partial charge < -0.3 is 10.2 Å². The van der Waals surface area contributed by atoms with Crippen LogP contribution < -0.4 is 16.0 Å². The van der Waals surface area contributed by atoms with E-state index in [1.807, 2.05) is 28.7 Å². The van der Waals surface area contributed by atoms with Gasteiger partial charge in [-0.15, -0.1) is 0 Å². The molecule has 1 aromatic heterocycles. The number of hydrazine groups is 1. The number of nitrogen functional groups attached to an aromatic ring is 1. The first-order valence-corrected chi connectivity index (χ1v) is 6.61. The van der Waals surface area contributed by atoms with E-state index < -0.39 is 4.92 Å². The lowest BCUT2D eigenvalue weighted by atomic mass is 10.2. The molecular weight excluding hydrogens is 389 g/mol. The van der Waals surface area contributed by atoms with Gasteiger partial charge >= 0.3 is 5.69 Å². The molecule has 1 aromatic carbocycles. The van der Waals surface area contributed by atoms with Crippen molar-refractivity contribution < 1.29 is 9.66 Å². The van der Waals surface area contributed by atoms with Gasteiger partial charge in [-0.05, 0) is 34.7 Å². The number of benzene rings is 1. The van der Waals surface area contributed by atoms with Crippen LogP contribution in [0.2, 0.25) is 0 Å². The Morgan fingerprint density at radius 2 is 2.24 bits per heavy atom. The largest absolute Gasteiger partial charge is 0.449 e. The summed E-state index contributed by atoms with van der Waals surface area (Å²) in [6.45, 7) is 0. The molecule has 9 heteroatoms. The Hall–Kier alpha value is -2.45. The Bertz CT molecular complexity index is 744. The van der Waals surface area contributed by atoms with E-state index in [1.165, 1.54) is 24.4 Å². The van der Waals surface area contributed by atoms with Crippen LogP contribution in [0.1, 0.15) is 5.56 Å². The number of nitro benzene ring substituents is 1. The van der Waals surface area contributed by atoms with Gasteiger partial charge in [0.2, 0.25) is 5.75 Å². The van der Waals surface area contributed by atoms with E-state index in [-0.39, 0.29) is 17.0 Å². The monoisotopic (exact) mass is 397 g/mol. The molecule has 8 nitrogen and oxygen atoms in total. The third kappa shape index (κ3) is 3.36. The van der Waals surface area contributed by atoms with Gasteiger partial charge in [0.05, 0.1) is 20.1 Å². The van der Waals surface area contributed by atoms with Crippen LogP contribution in [0.25, 0.3) is 0 Å². The van der Waals surface area contributed by atoms with Crippen molar-refractivity contribution in [1.29, 1.82) is 5.26 Å². The molecule has 0 unspecified atom stereocenters. The van der Waals surface area contributed by atoms with Crippen molar-refractivity contribution in [3.8, 4) is 17.6 Å². The number of anilines is 1. The maximum absolute atomic E-state index is 11.1. The van der Waals surface area contributed by atoms with Gasteiger partial charge in [0.1, 0.15) is 11.6 Å². The zero-order valence-corrected chi connectivity index (χ0v) is 12.6. The first kappa shape index (κ1) is 14.9. The van der Waals surface area contributed by atoms with Crippen LogP contribution in [-0.4, -0.2) is 9.91 Å². The van der Waals surface area contributed by atoms with Crippen molar-refractivity contribution in [2.75, 3.05) is 5.43 Å². The lowest BCUT2D eigenvalue weighted by Crippen LogP contribution is -2.08. The van der Waals surface area contributed by atoms with Crippen LogP contribution in [0, 0.1) is 25.0 Å². The molecule has 0 spiro atoms. The summed E-state index contributed by atoms with van der Waals surface area (Å²) >= 11 is 1.88. The molecule has 0 aliphatic carbocycles. The number of nitro groups is 1. The zero-order chi connectivity index (χ0) is 15.4. The first-order valence-electron chi connectivity index (χ1n) is 5.53. The molecule has 0 atom stereocenters. The number of hydrogen-bond acceptors (Lipinski definition) is 7. The molecule has 0 saturated carbocycles. The minimum absolute atomic E-state index is 0.0637. The highest BCUT2D eigenvalue weighted by Crippen LogP contribution is 2.37. The zero-order valence-electron chi connectivity index (χ0n) is 10.4. The summed E-state index contributed by atoms with van der Waals surface area (Å²) in [6, 6.07) is 7.58. The van der Waals surface area contributed by atoms with Gasteiger partial charge in [-0.1, -0.05) is 0 Å². The number of rotatable bonds is 4. The molecular formula is C12H8IN5O3. The predicted octanol–water partition coefficient (Wildman–Crippen LogP) is 2.54. The minimum atomic E-state index is -0.596. The highest BCUT2D eigenvalue weighted by atomic mass is 127. The van der Waals surface area contributed by atoms with E-state index in [1.54, 1.807) is 6.07 Å². The Morgan fingerprint density at radius 3 is 2.86 bits per heavy atom. The Morgan fingerprint density at radius 1 is 1.48 bits per heavy atom. The molecule has 0 aliphatic heterocycles. The maximum Gasteiger partial charge on any atom is 0.314 e. The van der Waals surface area contributed by atoms with Gasteiger partial charge in [0.15, 0.2) is 0 Å². The molecule has 0 aliphatic rings. The molecule has 0 saturated heterocycles. The fraction of sp³-hybridized carbons (Fsp3) is 0. The van der Waals surface area contributed by atoms with Crippen LogP contribution in [0.4, 0.5) is 11.5 Å². The molecule has 21 heavy (non-hydrogen) atoms. The topological polar surface area (TPSA) is 127 Å². The van der Waals surface area contributed by atoms with Crippen LogP contribution in [0.15, 0.2) is 30.5 Å². The summed E-state index contributed by atoms with van der Waals surface area (Å²) in [6.07, 6.45) is 1.45. The summed E-state index contributed by atoms with van der Waals surface area (Å²) in [5, 5.41) is 20.0.